The lowest BCUT2D eigenvalue weighted by Gasteiger charge is -2.28. The molecule has 3 heteroatoms. The van der Waals surface area contributed by atoms with Gasteiger partial charge in [-0.15, -0.1) is 0 Å². The third-order valence-corrected chi connectivity index (χ3v) is 3.64. The second-order valence-electron chi connectivity index (χ2n) is 4.91. The molecule has 0 aliphatic heterocycles. The molecule has 0 heterocycles. The van der Waals surface area contributed by atoms with Crippen LogP contribution in [0.5, 0.6) is 11.5 Å². The Hall–Kier alpha value is -1.22. The van der Waals surface area contributed by atoms with Crippen LogP contribution in [0.15, 0.2) is 12.1 Å². The second-order valence-corrected chi connectivity index (χ2v) is 4.91. The molecule has 1 aliphatic carbocycles. The zero-order valence-corrected chi connectivity index (χ0v) is 10.9. The van der Waals surface area contributed by atoms with E-state index in [-0.39, 0.29) is 5.54 Å². The second kappa shape index (κ2) is 4.57. The summed E-state index contributed by atoms with van der Waals surface area (Å²) < 4.78 is 11.0. The lowest BCUT2D eigenvalue weighted by Crippen LogP contribution is -2.34. The van der Waals surface area contributed by atoms with Gasteiger partial charge in [-0.2, -0.15) is 0 Å². The van der Waals surface area contributed by atoms with Crippen LogP contribution in [0.1, 0.15) is 36.8 Å². The van der Waals surface area contributed by atoms with E-state index in [0.29, 0.717) is 0 Å². The van der Waals surface area contributed by atoms with Gasteiger partial charge >= 0.3 is 0 Å². The Bertz CT molecular complexity index is 384. The first kappa shape index (κ1) is 12.2. The molecule has 0 aromatic heterocycles. The van der Waals surface area contributed by atoms with Crippen LogP contribution in [0.3, 0.4) is 0 Å². The van der Waals surface area contributed by atoms with Crippen molar-refractivity contribution >= 4 is 0 Å². The lowest BCUT2D eigenvalue weighted by atomic mass is 9.87. The van der Waals surface area contributed by atoms with Crippen LogP contribution in [0.4, 0.5) is 0 Å². The molecule has 0 amide bonds. The SMILES string of the molecule is COc1cc(C)cc(OC)c1C1(N)CCCC1. The maximum absolute atomic E-state index is 6.52. The van der Waals surface area contributed by atoms with Gasteiger partial charge in [0, 0.05) is 5.54 Å². The van der Waals surface area contributed by atoms with Gasteiger partial charge in [0.25, 0.3) is 0 Å². The van der Waals surface area contributed by atoms with Crippen LogP contribution in [0, 0.1) is 6.92 Å². The number of hydrogen-bond donors (Lipinski definition) is 1. The molecule has 0 unspecified atom stereocenters. The van der Waals surface area contributed by atoms with Gasteiger partial charge in [-0.05, 0) is 37.5 Å². The van der Waals surface area contributed by atoms with E-state index in [1.165, 1.54) is 12.8 Å². The third kappa shape index (κ3) is 2.12. The van der Waals surface area contributed by atoms with Gasteiger partial charge in [0.1, 0.15) is 11.5 Å². The van der Waals surface area contributed by atoms with Crippen LogP contribution in [0.25, 0.3) is 0 Å². The van der Waals surface area contributed by atoms with Crippen molar-refractivity contribution in [3.8, 4) is 11.5 Å². The van der Waals surface area contributed by atoms with Crippen molar-refractivity contribution in [2.24, 2.45) is 5.73 Å². The highest BCUT2D eigenvalue weighted by molar-refractivity contribution is 5.52. The summed E-state index contributed by atoms with van der Waals surface area (Å²) in [6.45, 7) is 2.03. The summed E-state index contributed by atoms with van der Waals surface area (Å²) in [6, 6.07) is 4.07. The molecule has 0 atom stereocenters. The van der Waals surface area contributed by atoms with Crippen molar-refractivity contribution in [1.82, 2.24) is 0 Å². The molecular formula is C14H21NO2. The van der Waals surface area contributed by atoms with E-state index < -0.39 is 0 Å². The number of rotatable bonds is 3. The van der Waals surface area contributed by atoms with Crippen molar-refractivity contribution in [3.05, 3.63) is 23.3 Å². The van der Waals surface area contributed by atoms with Crippen molar-refractivity contribution in [2.45, 2.75) is 38.1 Å². The van der Waals surface area contributed by atoms with E-state index >= 15 is 0 Å². The molecule has 1 aromatic rings. The minimum absolute atomic E-state index is 0.287. The number of methoxy groups -OCH3 is 2. The zero-order valence-electron chi connectivity index (χ0n) is 10.9. The van der Waals surface area contributed by atoms with Crippen molar-refractivity contribution in [2.75, 3.05) is 14.2 Å². The van der Waals surface area contributed by atoms with Gasteiger partial charge in [-0.1, -0.05) is 12.8 Å². The van der Waals surface area contributed by atoms with E-state index in [9.17, 15) is 0 Å². The summed E-state index contributed by atoms with van der Waals surface area (Å²) in [5.74, 6) is 1.71. The fraction of sp³-hybridized carbons (Fsp3) is 0.571. The average Bonchev–Trinajstić information content (AvgIpc) is 2.75. The van der Waals surface area contributed by atoms with Crippen molar-refractivity contribution in [1.29, 1.82) is 0 Å². The predicted molar refractivity (Wildman–Crippen MR) is 68.6 cm³/mol. The normalized spacial score (nSPS) is 18.1. The van der Waals surface area contributed by atoms with E-state index in [0.717, 1.165) is 35.5 Å². The largest absolute Gasteiger partial charge is 0.496 e. The lowest BCUT2D eigenvalue weighted by molar-refractivity contribution is 0.348. The highest BCUT2D eigenvalue weighted by Crippen LogP contribution is 2.45. The minimum Gasteiger partial charge on any atom is -0.496 e. The summed E-state index contributed by atoms with van der Waals surface area (Å²) in [5.41, 5.74) is 8.40. The molecule has 1 saturated carbocycles. The maximum Gasteiger partial charge on any atom is 0.127 e. The molecule has 3 nitrogen and oxygen atoms in total. The van der Waals surface area contributed by atoms with Crippen LogP contribution >= 0.6 is 0 Å². The Morgan fingerprint density at radius 3 is 1.94 bits per heavy atom. The standard InChI is InChI=1S/C14H21NO2/c1-10-8-11(16-2)13(12(9-10)17-3)14(15)6-4-5-7-14/h8-9H,4-7,15H2,1-3H3. The summed E-state index contributed by atoms with van der Waals surface area (Å²) >= 11 is 0. The Morgan fingerprint density at radius 2 is 1.53 bits per heavy atom. The first-order valence-corrected chi connectivity index (χ1v) is 6.13. The molecule has 1 fully saturated rings. The van der Waals surface area contributed by atoms with Gasteiger partial charge < -0.3 is 15.2 Å². The smallest absolute Gasteiger partial charge is 0.127 e. The Kier molecular flexibility index (Phi) is 3.29. The minimum atomic E-state index is -0.287. The van der Waals surface area contributed by atoms with Crippen LogP contribution in [0.2, 0.25) is 0 Å². The Labute approximate surface area is 103 Å². The molecule has 0 spiro atoms. The van der Waals surface area contributed by atoms with Gasteiger partial charge in [-0.3, -0.25) is 0 Å². The zero-order chi connectivity index (χ0) is 12.5. The summed E-state index contributed by atoms with van der Waals surface area (Å²) in [7, 11) is 3.38. The molecule has 2 N–H and O–H groups in total. The highest BCUT2D eigenvalue weighted by atomic mass is 16.5. The molecule has 94 valence electrons. The van der Waals surface area contributed by atoms with Gasteiger partial charge in [-0.25, -0.2) is 0 Å². The highest BCUT2D eigenvalue weighted by Gasteiger charge is 2.36. The molecule has 0 radical (unpaired) electrons. The molecule has 0 bridgehead atoms. The molecule has 0 saturated heterocycles. The molecule has 2 rings (SSSR count). The van der Waals surface area contributed by atoms with Crippen molar-refractivity contribution in [3.63, 3.8) is 0 Å². The van der Waals surface area contributed by atoms with Crippen LogP contribution < -0.4 is 15.2 Å². The van der Waals surface area contributed by atoms with Crippen LogP contribution in [-0.2, 0) is 5.54 Å². The summed E-state index contributed by atoms with van der Waals surface area (Å²) in [6.07, 6.45) is 4.36. The van der Waals surface area contributed by atoms with E-state index in [4.69, 9.17) is 15.2 Å². The number of ether oxygens (including phenoxy) is 2. The number of nitrogens with two attached hydrogens (primary N) is 1. The fourth-order valence-electron chi connectivity index (χ4n) is 2.79. The fourth-order valence-corrected chi connectivity index (χ4v) is 2.79. The first-order valence-electron chi connectivity index (χ1n) is 6.13. The third-order valence-electron chi connectivity index (χ3n) is 3.64. The Balaban J connectivity index is 2.57. The van der Waals surface area contributed by atoms with Gasteiger partial charge in [0.2, 0.25) is 0 Å². The first-order chi connectivity index (χ1) is 8.10. The predicted octanol–water partition coefficient (Wildman–Crippen LogP) is 2.74. The summed E-state index contributed by atoms with van der Waals surface area (Å²) in [5, 5.41) is 0. The quantitative estimate of drug-likeness (QED) is 0.876. The number of aryl methyl sites for hydroxylation is 1. The molecular weight excluding hydrogens is 214 g/mol. The topological polar surface area (TPSA) is 44.5 Å². The van der Waals surface area contributed by atoms with E-state index in [2.05, 4.69) is 0 Å². The van der Waals surface area contributed by atoms with Gasteiger partial charge in [0.05, 0.1) is 19.8 Å². The number of hydrogen-bond acceptors (Lipinski definition) is 3. The van der Waals surface area contributed by atoms with Crippen LogP contribution in [-0.4, -0.2) is 14.2 Å². The maximum atomic E-state index is 6.52. The van der Waals surface area contributed by atoms with Crippen molar-refractivity contribution < 1.29 is 9.47 Å². The molecule has 1 aliphatic rings. The number of benzene rings is 1. The van der Waals surface area contributed by atoms with Gasteiger partial charge in [0.15, 0.2) is 0 Å². The van der Waals surface area contributed by atoms with E-state index in [1.807, 2.05) is 19.1 Å². The average molecular weight is 235 g/mol. The monoisotopic (exact) mass is 235 g/mol. The van der Waals surface area contributed by atoms with E-state index in [1.54, 1.807) is 14.2 Å². The summed E-state index contributed by atoms with van der Waals surface area (Å²) in [4.78, 5) is 0. The Morgan fingerprint density at radius 1 is 1.06 bits per heavy atom. The molecule has 17 heavy (non-hydrogen) atoms. The molecule has 1 aromatic carbocycles.